The molecule has 5 nitrogen and oxygen atoms in total. The van der Waals surface area contributed by atoms with Gasteiger partial charge in [-0.25, -0.2) is 4.79 Å². The Balaban J connectivity index is 2.01. The number of ether oxygens (including phenoxy) is 2. The first-order valence-corrected chi connectivity index (χ1v) is 7.81. The van der Waals surface area contributed by atoms with Crippen molar-refractivity contribution >= 4 is 29.2 Å². The first kappa shape index (κ1) is 16.7. The largest absolute Gasteiger partial charge is 0.497 e. The molecule has 0 aliphatic carbocycles. The zero-order valence-electron chi connectivity index (χ0n) is 13.3. The van der Waals surface area contributed by atoms with Gasteiger partial charge in [0.1, 0.15) is 29.6 Å². The van der Waals surface area contributed by atoms with E-state index >= 15 is 0 Å². The monoisotopic (exact) mass is 351 g/mol. The van der Waals surface area contributed by atoms with Crippen LogP contribution in [0.3, 0.4) is 0 Å². The Morgan fingerprint density at radius 3 is 2.68 bits per heavy atom. The molecule has 0 N–H and O–H groups in total. The molecule has 0 amide bonds. The average molecular weight is 351 g/mol. The number of esters is 1. The minimum Gasteiger partial charge on any atom is -0.497 e. The quantitative estimate of drug-likeness (QED) is 0.512. The Labute approximate surface area is 149 Å². The normalized spacial score (nSPS) is 10.2. The Bertz CT molecular complexity index is 1030. The van der Waals surface area contributed by atoms with Crippen molar-refractivity contribution in [2.45, 2.75) is 6.61 Å². The highest BCUT2D eigenvalue weighted by molar-refractivity contribution is 7.71. The highest BCUT2D eigenvalue weighted by Gasteiger charge is 2.16. The second kappa shape index (κ2) is 7.16. The van der Waals surface area contributed by atoms with Gasteiger partial charge in [-0.15, -0.1) is 0 Å². The summed E-state index contributed by atoms with van der Waals surface area (Å²) in [5.41, 5.74) is 1.61. The lowest BCUT2D eigenvalue weighted by atomic mass is 10.1. The number of nitriles is 1. The minimum atomic E-state index is -0.474. The molecule has 3 aromatic rings. The smallest absolute Gasteiger partial charge is 0.338 e. The second-order valence-electron chi connectivity index (χ2n) is 5.16. The second-order valence-corrected chi connectivity index (χ2v) is 5.53. The van der Waals surface area contributed by atoms with Crippen molar-refractivity contribution in [3.63, 3.8) is 0 Å². The molecule has 0 aliphatic heterocycles. The van der Waals surface area contributed by atoms with Crippen LogP contribution in [0, 0.1) is 16.0 Å². The standard InChI is InChI=1S/C19H13NO4S/c1-22-13-7-8-14-16(15(10-20)19(25)24-17(14)9-13)11-23-18(21)12-5-3-2-4-6-12/h2-9H,11H2,1H3. The molecule has 0 spiro atoms. The van der Waals surface area contributed by atoms with Crippen LogP contribution in [0.5, 0.6) is 5.75 Å². The van der Waals surface area contributed by atoms with E-state index < -0.39 is 5.97 Å². The molecule has 1 aromatic heterocycles. The van der Waals surface area contributed by atoms with Crippen molar-refractivity contribution in [2.24, 2.45) is 0 Å². The van der Waals surface area contributed by atoms with E-state index in [0.717, 1.165) is 0 Å². The van der Waals surface area contributed by atoms with Gasteiger partial charge in [-0.2, -0.15) is 5.26 Å². The van der Waals surface area contributed by atoms with Crippen molar-refractivity contribution in [1.82, 2.24) is 0 Å². The zero-order chi connectivity index (χ0) is 17.8. The lowest BCUT2D eigenvalue weighted by Crippen LogP contribution is -2.06. The summed E-state index contributed by atoms with van der Waals surface area (Å²) in [5.74, 6) is 0.125. The number of hydrogen-bond donors (Lipinski definition) is 0. The lowest BCUT2D eigenvalue weighted by molar-refractivity contribution is 0.0473. The first-order chi connectivity index (χ1) is 12.1. The van der Waals surface area contributed by atoms with Crippen molar-refractivity contribution in [3.05, 3.63) is 69.9 Å². The topological polar surface area (TPSA) is 72.5 Å². The van der Waals surface area contributed by atoms with Gasteiger partial charge in [-0.3, -0.25) is 0 Å². The van der Waals surface area contributed by atoms with Crippen LogP contribution in [0.4, 0.5) is 0 Å². The van der Waals surface area contributed by atoms with E-state index in [0.29, 0.717) is 27.8 Å². The summed E-state index contributed by atoms with van der Waals surface area (Å²) < 4.78 is 16.1. The van der Waals surface area contributed by atoms with Crippen LogP contribution in [0.15, 0.2) is 52.9 Å². The fourth-order valence-electron chi connectivity index (χ4n) is 2.43. The maximum atomic E-state index is 12.2. The van der Waals surface area contributed by atoms with E-state index in [-0.39, 0.29) is 16.9 Å². The molecule has 2 aromatic carbocycles. The average Bonchev–Trinajstić information content (AvgIpc) is 2.65. The molecule has 0 radical (unpaired) electrons. The fourth-order valence-corrected chi connectivity index (χ4v) is 2.69. The van der Waals surface area contributed by atoms with Crippen LogP contribution in [0.25, 0.3) is 11.0 Å². The summed E-state index contributed by atoms with van der Waals surface area (Å²) in [6.07, 6.45) is 0. The molecule has 1 heterocycles. The van der Waals surface area contributed by atoms with E-state index in [4.69, 9.17) is 26.1 Å². The van der Waals surface area contributed by atoms with Crippen LogP contribution >= 0.6 is 12.2 Å². The minimum absolute atomic E-state index is 0.0500. The number of fused-ring (bicyclic) bond motifs is 1. The molecule has 124 valence electrons. The summed E-state index contributed by atoms with van der Waals surface area (Å²) in [4.78, 5) is 12.2. The van der Waals surface area contributed by atoms with Gasteiger partial charge in [0, 0.05) is 17.0 Å². The van der Waals surface area contributed by atoms with Crippen molar-refractivity contribution in [1.29, 1.82) is 5.26 Å². The fraction of sp³-hybridized carbons (Fsp3) is 0.105. The first-order valence-electron chi connectivity index (χ1n) is 7.40. The lowest BCUT2D eigenvalue weighted by Gasteiger charge is -2.10. The van der Waals surface area contributed by atoms with Gasteiger partial charge in [-0.1, -0.05) is 18.2 Å². The molecule has 25 heavy (non-hydrogen) atoms. The molecular weight excluding hydrogens is 338 g/mol. The number of nitrogens with zero attached hydrogens (tertiary/aromatic N) is 1. The van der Waals surface area contributed by atoms with Gasteiger partial charge in [0.2, 0.25) is 4.71 Å². The molecule has 6 heteroatoms. The highest BCUT2D eigenvalue weighted by Crippen LogP contribution is 2.28. The van der Waals surface area contributed by atoms with E-state index in [1.54, 1.807) is 49.6 Å². The Hall–Kier alpha value is -3.17. The van der Waals surface area contributed by atoms with Gasteiger partial charge in [0.15, 0.2) is 0 Å². The number of hydrogen-bond acceptors (Lipinski definition) is 6. The van der Waals surface area contributed by atoms with E-state index in [9.17, 15) is 10.1 Å². The molecule has 0 saturated carbocycles. The number of carbonyl (C=O) groups is 1. The third-order valence-corrected chi connectivity index (χ3v) is 3.98. The summed E-state index contributed by atoms with van der Waals surface area (Å²) in [5, 5.41) is 10.0. The number of carbonyl (C=O) groups excluding carboxylic acids is 1. The van der Waals surface area contributed by atoms with Crippen LogP contribution in [-0.2, 0) is 11.3 Å². The Kier molecular flexibility index (Phi) is 4.78. The zero-order valence-corrected chi connectivity index (χ0v) is 14.1. The van der Waals surface area contributed by atoms with E-state index in [2.05, 4.69) is 0 Å². The van der Waals surface area contributed by atoms with Crippen molar-refractivity contribution in [2.75, 3.05) is 7.11 Å². The number of benzene rings is 2. The number of rotatable bonds is 4. The molecule has 0 saturated heterocycles. The SMILES string of the molecule is COc1ccc2c(COC(=O)c3ccccc3)c(C#N)c(=S)oc2c1. The maximum Gasteiger partial charge on any atom is 0.338 e. The molecule has 0 unspecified atom stereocenters. The van der Waals surface area contributed by atoms with Crippen LogP contribution < -0.4 is 4.74 Å². The molecule has 3 rings (SSSR count). The van der Waals surface area contributed by atoms with Crippen LogP contribution in [-0.4, -0.2) is 13.1 Å². The Morgan fingerprint density at radius 1 is 1.24 bits per heavy atom. The molecule has 0 bridgehead atoms. The summed E-state index contributed by atoms with van der Waals surface area (Å²) in [6.45, 7) is -0.0839. The number of methoxy groups -OCH3 is 1. The predicted molar refractivity (Wildman–Crippen MR) is 93.9 cm³/mol. The van der Waals surface area contributed by atoms with Gasteiger partial charge in [0.25, 0.3) is 0 Å². The third kappa shape index (κ3) is 3.37. The summed E-state index contributed by atoms with van der Waals surface area (Å²) >= 11 is 5.15. The Morgan fingerprint density at radius 2 is 2.00 bits per heavy atom. The molecular formula is C19H13NO4S. The van der Waals surface area contributed by atoms with Crippen molar-refractivity contribution < 1.29 is 18.7 Å². The van der Waals surface area contributed by atoms with Gasteiger partial charge >= 0.3 is 5.97 Å². The van der Waals surface area contributed by atoms with Gasteiger partial charge in [-0.05, 0) is 36.5 Å². The summed E-state index contributed by atoms with van der Waals surface area (Å²) in [6, 6.07) is 15.8. The van der Waals surface area contributed by atoms with Crippen LogP contribution in [0.2, 0.25) is 0 Å². The molecule has 0 aliphatic rings. The van der Waals surface area contributed by atoms with E-state index in [1.807, 2.05) is 12.1 Å². The highest BCUT2D eigenvalue weighted by atomic mass is 32.1. The van der Waals surface area contributed by atoms with Gasteiger partial charge < -0.3 is 13.9 Å². The third-order valence-electron chi connectivity index (χ3n) is 3.69. The van der Waals surface area contributed by atoms with Gasteiger partial charge in [0.05, 0.1) is 12.7 Å². The van der Waals surface area contributed by atoms with Crippen molar-refractivity contribution in [3.8, 4) is 11.8 Å². The molecule has 0 atom stereocenters. The summed E-state index contributed by atoms with van der Waals surface area (Å²) in [7, 11) is 1.54. The van der Waals surface area contributed by atoms with Crippen LogP contribution in [0.1, 0.15) is 21.5 Å². The maximum absolute atomic E-state index is 12.2. The van der Waals surface area contributed by atoms with E-state index in [1.165, 1.54) is 0 Å². The predicted octanol–water partition coefficient (Wildman–Crippen LogP) is 4.40. The molecule has 0 fully saturated rings.